The molecule has 1 rings (SSSR count). The summed E-state index contributed by atoms with van der Waals surface area (Å²) in [6.07, 6.45) is 2.39. The van der Waals surface area contributed by atoms with E-state index in [0.717, 1.165) is 30.7 Å². The molecule has 1 unspecified atom stereocenters. The predicted molar refractivity (Wildman–Crippen MR) is 82.1 cm³/mol. The summed E-state index contributed by atoms with van der Waals surface area (Å²) in [6, 6.07) is 8.36. The van der Waals surface area contributed by atoms with Crippen LogP contribution in [0.4, 0.5) is 0 Å². The Bertz CT molecular complexity index is 407. The lowest BCUT2D eigenvalue weighted by Crippen LogP contribution is -2.32. The Hall–Kier alpha value is -1.55. The number of ether oxygens (including phenoxy) is 1. The predicted octanol–water partition coefficient (Wildman–Crippen LogP) is 2.13. The van der Waals surface area contributed by atoms with Crippen LogP contribution in [0.5, 0.6) is 5.75 Å². The van der Waals surface area contributed by atoms with E-state index in [1.807, 2.05) is 24.3 Å². The van der Waals surface area contributed by atoms with E-state index >= 15 is 0 Å². The minimum Gasteiger partial charge on any atom is -0.496 e. The number of hydrogen-bond acceptors (Lipinski definition) is 3. The number of carbonyl (C=O) groups is 1. The van der Waals surface area contributed by atoms with Crippen molar-refractivity contribution in [1.82, 2.24) is 10.6 Å². The van der Waals surface area contributed by atoms with Crippen molar-refractivity contribution in [3.8, 4) is 5.75 Å². The highest BCUT2D eigenvalue weighted by molar-refractivity contribution is 5.76. The van der Waals surface area contributed by atoms with Crippen LogP contribution in [-0.4, -0.2) is 32.1 Å². The average Bonchev–Trinajstić information content (AvgIpc) is 2.47. The number of hydrogen-bond donors (Lipinski definition) is 2. The van der Waals surface area contributed by atoms with Gasteiger partial charge in [0.2, 0.25) is 5.91 Å². The van der Waals surface area contributed by atoms with Gasteiger partial charge >= 0.3 is 0 Å². The summed E-state index contributed by atoms with van der Waals surface area (Å²) in [6.45, 7) is 5.63. The lowest BCUT2D eigenvalue weighted by atomic mass is 10.1. The first kappa shape index (κ1) is 16.5. The van der Waals surface area contributed by atoms with Crippen molar-refractivity contribution in [2.75, 3.05) is 20.2 Å². The van der Waals surface area contributed by atoms with E-state index in [4.69, 9.17) is 4.74 Å². The number of rotatable bonds is 9. The van der Waals surface area contributed by atoms with Crippen molar-refractivity contribution in [3.63, 3.8) is 0 Å². The van der Waals surface area contributed by atoms with E-state index in [-0.39, 0.29) is 5.91 Å². The summed E-state index contributed by atoms with van der Waals surface area (Å²) in [7, 11) is 1.66. The second kappa shape index (κ2) is 9.37. The maximum Gasteiger partial charge on any atom is 0.221 e. The molecule has 0 aliphatic carbocycles. The zero-order valence-electron chi connectivity index (χ0n) is 12.7. The molecule has 4 heteroatoms. The minimum atomic E-state index is 0.0932. The lowest BCUT2D eigenvalue weighted by Gasteiger charge is -2.11. The van der Waals surface area contributed by atoms with Gasteiger partial charge in [-0.05, 0) is 31.4 Å². The molecular weight excluding hydrogens is 252 g/mol. The Labute approximate surface area is 121 Å². The standard InChI is InChI=1S/C16H26N2O2/c1-4-13(2)17-12-10-16(19)18-11-9-14-7-5-6-8-15(14)20-3/h5-8,13,17H,4,9-12H2,1-3H3,(H,18,19). The molecule has 1 amide bonds. The monoisotopic (exact) mass is 278 g/mol. The molecule has 20 heavy (non-hydrogen) atoms. The Balaban J connectivity index is 2.21. The topological polar surface area (TPSA) is 50.4 Å². The van der Waals surface area contributed by atoms with Crippen molar-refractivity contribution < 1.29 is 9.53 Å². The van der Waals surface area contributed by atoms with Crippen LogP contribution in [0, 0.1) is 0 Å². The summed E-state index contributed by atoms with van der Waals surface area (Å²) in [4.78, 5) is 11.7. The molecule has 0 bridgehead atoms. The molecule has 0 saturated carbocycles. The highest BCUT2D eigenvalue weighted by atomic mass is 16.5. The van der Waals surface area contributed by atoms with E-state index in [2.05, 4.69) is 24.5 Å². The van der Waals surface area contributed by atoms with Gasteiger partial charge in [-0.25, -0.2) is 0 Å². The summed E-state index contributed by atoms with van der Waals surface area (Å²) < 4.78 is 5.28. The molecule has 1 aromatic rings. The number of carbonyl (C=O) groups excluding carboxylic acids is 1. The first-order chi connectivity index (χ1) is 9.67. The van der Waals surface area contributed by atoms with Gasteiger partial charge in [0, 0.05) is 25.6 Å². The number of benzene rings is 1. The summed E-state index contributed by atoms with van der Waals surface area (Å²) in [5, 5.41) is 6.25. The summed E-state index contributed by atoms with van der Waals surface area (Å²) >= 11 is 0. The van der Waals surface area contributed by atoms with Crippen molar-refractivity contribution in [3.05, 3.63) is 29.8 Å². The van der Waals surface area contributed by atoms with Gasteiger partial charge in [0.1, 0.15) is 5.75 Å². The van der Waals surface area contributed by atoms with E-state index in [1.165, 1.54) is 0 Å². The van der Waals surface area contributed by atoms with E-state index in [9.17, 15) is 4.79 Å². The van der Waals surface area contributed by atoms with Gasteiger partial charge in [-0.15, -0.1) is 0 Å². The average molecular weight is 278 g/mol. The maximum absolute atomic E-state index is 11.7. The highest BCUT2D eigenvalue weighted by Crippen LogP contribution is 2.17. The van der Waals surface area contributed by atoms with Gasteiger partial charge in [-0.2, -0.15) is 0 Å². The Kier molecular flexibility index (Phi) is 7.73. The number of para-hydroxylation sites is 1. The second-order valence-corrected chi connectivity index (χ2v) is 4.93. The van der Waals surface area contributed by atoms with Gasteiger partial charge in [0.25, 0.3) is 0 Å². The van der Waals surface area contributed by atoms with Crippen LogP contribution in [0.3, 0.4) is 0 Å². The fourth-order valence-electron chi connectivity index (χ4n) is 1.91. The van der Waals surface area contributed by atoms with Crippen LogP contribution in [0.1, 0.15) is 32.3 Å². The van der Waals surface area contributed by atoms with Gasteiger partial charge in [0.15, 0.2) is 0 Å². The van der Waals surface area contributed by atoms with Crippen LogP contribution >= 0.6 is 0 Å². The minimum absolute atomic E-state index is 0.0932. The smallest absolute Gasteiger partial charge is 0.221 e. The molecule has 0 spiro atoms. The van der Waals surface area contributed by atoms with Crippen molar-refractivity contribution >= 4 is 5.91 Å². The first-order valence-electron chi connectivity index (χ1n) is 7.29. The molecule has 1 atom stereocenters. The molecule has 0 radical (unpaired) electrons. The third-order valence-electron chi connectivity index (χ3n) is 3.37. The molecule has 0 aliphatic rings. The maximum atomic E-state index is 11.7. The molecular formula is C16H26N2O2. The van der Waals surface area contributed by atoms with E-state index in [0.29, 0.717) is 19.0 Å². The quantitative estimate of drug-likeness (QED) is 0.727. The molecule has 1 aromatic carbocycles. The van der Waals surface area contributed by atoms with Gasteiger partial charge < -0.3 is 15.4 Å². The van der Waals surface area contributed by atoms with Gasteiger partial charge in [0.05, 0.1) is 7.11 Å². The van der Waals surface area contributed by atoms with Gasteiger partial charge in [-0.3, -0.25) is 4.79 Å². The fourth-order valence-corrected chi connectivity index (χ4v) is 1.91. The zero-order valence-corrected chi connectivity index (χ0v) is 12.7. The van der Waals surface area contributed by atoms with Gasteiger partial charge in [-0.1, -0.05) is 25.1 Å². The summed E-state index contributed by atoms with van der Waals surface area (Å²) in [5.41, 5.74) is 1.12. The van der Waals surface area contributed by atoms with Crippen LogP contribution in [0.2, 0.25) is 0 Å². The molecule has 2 N–H and O–H groups in total. The molecule has 0 saturated heterocycles. The Morgan fingerprint density at radius 2 is 2.05 bits per heavy atom. The number of amides is 1. The SMILES string of the molecule is CCC(C)NCCC(=O)NCCc1ccccc1OC. The normalized spacial score (nSPS) is 11.9. The van der Waals surface area contributed by atoms with Crippen LogP contribution < -0.4 is 15.4 Å². The lowest BCUT2D eigenvalue weighted by molar-refractivity contribution is -0.120. The zero-order chi connectivity index (χ0) is 14.8. The highest BCUT2D eigenvalue weighted by Gasteiger charge is 2.04. The summed E-state index contributed by atoms with van der Waals surface area (Å²) in [5.74, 6) is 0.968. The second-order valence-electron chi connectivity index (χ2n) is 4.93. The van der Waals surface area contributed by atoms with Crippen molar-refractivity contribution in [2.24, 2.45) is 0 Å². The van der Waals surface area contributed by atoms with E-state index < -0.39 is 0 Å². The Morgan fingerprint density at radius 1 is 1.30 bits per heavy atom. The molecule has 0 aromatic heterocycles. The molecule has 0 heterocycles. The number of nitrogens with one attached hydrogen (secondary N) is 2. The van der Waals surface area contributed by atoms with E-state index in [1.54, 1.807) is 7.11 Å². The molecule has 4 nitrogen and oxygen atoms in total. The first-order valence-corrected chi connectivity index (χ1v) is 7.29. The fraction of sp³-hybridized carbons (Fsp3) is 0.562. The molecule has 0 aliphatic heterocycles. The van der Waals surface area contributed by atoms with Crippen LogP contribution in [0.15, 0.2) is 24.3 Å². The van der Waals surface area contributed by atoms with Crippen LogP contribution in [-0.2, 0) is 11.2 Å². The third-order valence-corrected chi connectivity index (χ3v) is 3.37. The van der Waals surface area contributed by atoms with Crippen LogP contribution in [0.25, 0.3) is 0 Å². The molecule has 112 valence electrons. The number of methoxy groups -OCH3 is 1. The van der Waals surface area contributed by atoms with Crippen molar-refractivity contribution in [1.29, 1.82) is 0 Å². The third kappa shape index (κ3) is 6.06. The Morgan fingerprint density at radius 3 is 2.75 bits per heavy atom. The largest absolute Gasteiger partial charge is 0.496 e. The molecule has 0 fully saturated rings. The van der Waals surface area contributed by atoms with Crippen molar-refractivity contribution in [2.45, 2.75) is 39.2 Å².